The summed E-state index contributed by atoms with van der Waals surface area (Å²) in [5.74, 6) is 0. The van der Waals surface area contributed by atoms with Gasteiger partial charge in [0.1, 0.15) is 0 Å². The van der Waals surface area contributed by atoms with Crippen molar-refractivity contribution < 1.29 is 0 Å². The van der Waals surface area contributed by atoms with Gasteiger partial charge in [0.2, 0.25) is 0 Å². The molecule has 0 radical (unpaired) electrons. The summed E-state index contributed by atoms with van der Waals surface area (Å²) in [6, 6.07) is 14.6. The summed E-state index contributed by atoms with van der Waals surface area (Å²) in [5, 5.41) is 0. The lowest BCUT2D eigenvalue weighted by Crippen LogP contribution is -2.37. The maximum atomic E-state index is 2.72. The lowest BCUT2D eigenvalue weighted by Gasteiger charge is -2.32. The van der Waals surface area contributed by atoms with Crippen molar-refractivity contribution in [2.24, 2.45) is 0 Å². The highest BCUT2D eigenvalue weighted by molar-refractivity contribution is 5.71. The standard InChI is InChI=1S/C22H27N/c1-16-6-5-7-17(2)22(16)20-9-8-19-15-21(11-10-18(19)14-20)23-12-3-4-13-23/h5-9,14,21H,3-4,10-13,15H2,1-2H3. The minimum Gasteiger partial charge on any atom is -0.300 e. The maximum Gasteiger partial charge on any atom is 0.0139 e. The van der Waals surface area contributed by atoms with Crippen LogP contribution in [-0.2, 0) is 12.8 Å². The monoisotopic (exact) mass is 305 g/mol. The van der Waals surface area contributed by atoms with Crippen LogP contribution in [0, 0.1) is 13.8 Å². The molecule has 1 aliphatic heterocycles. The van der Waals surface area contributed by atoms with Gasteiger partial charge in [0.15, 0.2) is 0 Å². The van der Waals surface area contributed by atoms with Gasteiger partial charge in [-0.05, 0) is 92.4 Å². The summed E-state index contributed by atoms with van der Waals surface area (Å²) >= 11 is 0. The zero-order valence-corrected chi connectivity index (χ0v) is 14.4. The van der Waals surface area contributed by atoms with E-state index in [1.165, 1.54) is 67.4 Å². The summed E-state index contributed by atoms with van der Waals surface area (Å²) in [7, 11) is 0. The normalized spacial score (nSPS) is 21.4. The first-order chi connectivity index (χ1) is 11.2. The number of fused-ring (bicyclic) bond motifs is 1. The second-order valence-corrected chi connectivity index (χ2v) is 7.39. The van der Waals surface area contributed by atoms with E-state index in [2.05, 4.69) is 55.1 Å². The van der Waals surface area contributed by atoms with Crippen LogP contribution in [0.3, 0.4) is 0 Å². The molecule has 1 aliphatic carbocycles. The van der Waals surface area contributed by atoms with Crippen LogP contribution in [0.25, 0.3) is 11.1 Å². The van der Waals surface area contributed by atoms with Crippen LogP contribution in [0.1, 0.15) is 41.5 Å². The molecule has 120 valence electrons. The number of nitrogens with zero attached hydrogens (tertiary/aromatic N) is 1. The molecule has 2 aliphatic rings. The van der Waals surface area contributed by atoms with Crippen molar-refractivity contribution in [1.82, 2.24) is 4.90 Å². The molecular formula is C22H27N. The van der Waals surface area contributed by atoms with Gasteiger partial charge in [-0.1, -0.05) is 36.4 Å². The summed E-state index contributed by atoms with van der Waals surface area (Å²) in [5.41, 5.74) is 8.77. The fourth-order valence-electron chi connectivity index (χ4n) is 4.58. The smallest absolute Gasteiger partial charge is 0.0139 e. The van der Waals surface area contributed by atoms with E-state index in [0.29, 0.717) is 0 Å². The zero-order valence-electron chi connectivity index (χ0n) is 14.4. The molecule has 1 heterocycles. The Bertz CT molecular complexity index is 690. The second-order valence-electron chi connectivity index (χ2n) is 7.39. The van der Waals surface area contributed by atoms with Gasteiger partial charge in [-0.15, -0.1) is 0 Å². The molecule has 2 aromatic carbocycles. The number of likely N-dealkylation sites (tertiary alicyclic amines) is 1. The van der Waals surface area contributed by atoms with Crippen LogP contribution in [0.15, 0.2) is 36.4 Å². The quantitative estimate of drug-likeness (QED) is 0.761. The second kappa shape index (κ2) is 6.13. The topological polar surface area (TPSA) is 3.24 Å². The largest absolute Gasteiger partial charge is 0.300 e. The molecule has 0 bridgehead atoms. The Morgan fingerprint density at radius 3 is 2.39 bits per heavy atom. The van der Waals surface area contributed by atoms with Crippen LogP contribution in [0.4, 0.5) is 0 Å². The molecule has 0 aromatic heterocycles. The van der Waals surface area contributed by atoms with E-state index < -0.39 is 0 Å². The molecular weight excluding hydrogens is 278 g/mol. The third-order valence-electron chi connectivity index (χ3n) is 5.84. The number of hydrogen-bond donors (Lipinski definition) is 0. The van der Waals surface area contributed by atoms with Gasteiger partial charge in [0.25, 0.3) is 0 Å². The van der Waals surface area contributed by atoms with Gasteiger partial charge in [-0.2, -0.15) is 0 Å². The first-order valence-electron chi connectivity index (χ1n) is 9.15. The van der Waals surface area contributed by atoms with E-state index >= 15 is 0 Å². The van der Waals surface area contributed by atoms with Gasteiger partial charge in [0, 0.05) is 6.04 Å². The van der Waals surface area contributed by atoms with Crippen molar-refractivity contribution in [3.63, 3.8) is 0 Å². The molecule has 0 saturated carbocycles. The van der Waals surface area contributed by atoms with E-state index in [1.807, 2.05) is 0 Å². The maximum absolute atomic E-state index is 2.72. The lowest BCUT2D eigenvalue weighted by molar-refractivity contribution is 0.222. The lowest BCUT2D eigenvalue weighted by atomic mass is 9.84. The van der Waals surface area contributed by atoms with Gasteiger partial charge in [-0.3, -0.25) is 0 Å². The first-order valence-corrected chi connectivity index (χ1v) is 9.15. The summed E-state index contributed by atoms with van der Waals surface area (Å²) < 4.78 is 0. The molecule has 4 rings (SSSR count). The first kappa shape index (κ1) is 15.0. The Hall–Kier alpha value is -1.60. The van der Waals surface area contributed by atoms with Crippen molar-refractivity contribution in [3.05, 3.63) is 58.7 Å². The predicted molar refractivity (Wildman–Crippen MR) is 98.0 cm³/mol. The highest BCUT2D eigenvalue weighted by atomic mass is 15.2. The Labute approximate surface area is 140 Å². The van der Waals surface area contributed by atoms with Gasteiger partial charge < -0.3 is 4.90 Å². The Balaban J connectivity index is 1.63. The molecule has 23 heavy (non-hydrogen) atoms. The van der Waals surface area contributed by atoms with Gasteiger partial charge in [-0.25, -0.2) is 0 Å². The van der Waals surface area contributed by atoms with Crippen molar-refractivity contribution >= 4 is 0 Å². The molecule has 2 aromatic rings. The SMILES string of the molecule is Cc1cccc(C)c1-c1ccc2c(c1)CCC(N1CCCC1)C2. The zero-order chi connectivity index (χ0) is 15.8. The molecule has 1 saturated heterocycles. The van der Waals surface area contributed by atoms with Crippen molar-refractivity contribution in [3.8, 4) is 11.1 Å². The van der Waals surface area contributed by atoms with Gasteiger partial charge in [0.05, 0.1) is 0 Å². The highest BCUT2D eigenvalue weighted by Gasteiger charge is 2.26. The Morgan fingerprint density at radius 1 is 0.913 bits per heavy atom. The summed E-state index contributed by atoms with van der Waals surface area (Å²) in [4.78, 5) is 2.72. The molecule has 1 nitrogen and oxygen atoms in total. The number of aryl methyl sites for hydroxylation is 3. The number of rotatable bonds is 2. The molecule has 0 amide bonds. The highest BCUT2D eigenvalue weighted by Crippen LogP contribution is 2.33. The van der Waals surface area contributed by atoms with E-state index in [1.54, 1.807) is 11.1 Å². The number of hydrogen-bond acceptors (Lipinski definition) is 1. The summed E-state index contributed by atoms with van der Waals surface area (Å²) in [6.45, 7) is 7.09. The van der Waals surface area contributed by atoms with E-state index in [0.717, 1.165) is 6.04 Å². The van der Waals surface area contributed by atoms with Crippen LogP contribution in [-0.4, -0.2) is 24.0 Å². The average molecular weight is 305 g/mol. The minimum atomic E-state index is 0.788. The molecule has 1 unspecified atom stereocenters. The predicted octanol–water partition coefficient (Wildman–Crippen LogP) is 4.92. The van der Waals surface area contributed by atoms with Gasteiger partial charge >= 0.3 is 0 Å². The van der Waals surface area contributed by atoms with E-state index in [9.17, 15) is 0 Å². The number of benzene rings is 2. The van der Waals surface area contributed by atoms with Crippen LogP contribution < -0.4 is 0 Å². The fraction of sp³-hybridized carbons (Fsp3) is 0.455. The van der Waals surface area contributed by atoms with Crippen molar-refractivity contribution in [2.45, 2.75) is 52.0 Å². The minimum absolute atomic E-state index is 0.788. The molecule has 1 atom stereocenters. The average Bonchev–Trinajstić information content (AvgIpc) is 3.08. The molecule has 0 spiro atoms. The third-order valence-corrected chi connectivity index (χ3v) is 5.84. The fourth-order valence-corrected chi connectivity index (χ4v) is 4.58. The molecule has 1 heteroatoms. The van der Waals surface area contributed by atoms with E-state index in [-0.39, 0.29) is 0 Å². The Kier molecular flexibility index (Phi) is 3.98. The van der Waals surface area contributed by atoms with Crippen LogP contribution in [0.2, 0.25) is 0 Å². The molecule has 1 fully saturated rings. The van der Waals surface area contributed by atoms with Crippen LogP contribution >= 0.6 is 0 Å². The van der Waals surface area contributed by atoms with Crippen molar-refractivity contribution in [2.75, 3.05) is 13.1 Å². The third kappa shape index (κ3) is 2.83. The van der Waals surface area contributed by atoms with Crippen molar-refractivity contribution in [1.29, 1.82) is 0 Å². The Morgan fingerprint density at radius 2 is 1.65 bits per heavy atom. The summed E-state index contributed by atoms with van der Waals surface area (Å²) in [6.07, 6.45) is 6.63. The van der Waals surface area contributed by atoms with Crippen LogP contribution in [0.5, 0.6) is 0 Å². The van der Waals surface area contributed by atoms with E-state index in [4.69, 9.17) is 0 Å². The molecule has 0 N–H and O–H groups in total.